The van der Waals surface area contributed by atoms with Gasteiger partial charge in [-0.1, -0.05) is 31.0 Å². The molecular formula is C37H44FN5O5S. The molecule has 49 heavy (non-hydrogen) atoms. The van der Waals surface area contributed by atoms with Crippen molar-refractivity contribution in [2.75, 3.05) is 31.4 Å². The highest BCUT2D eigenvalue weighted by Crippen LogP contribution is 2.43. The van der Waals surface area contributed by atoms with Gasteiger partial charge in [0, 0.05) is 37.1 Å². The summed E-state index contributed by atoms with van der Waals surface area (Å²) < 4.78 is 42.9. The third-order valence-electron chi connectivity index (χ3n) is 9.15. The van der Waals surface area contributed by atoms with Gasteiger partial charge in [-0.15, -0.1) is 4.72 Å². The Hall–Kier alpha value is -4.15. The lowest BCUT2D eigenvalue weighted by Gasteiger charge is -2.39. The lowest BCUT2D eigenvalue weighted by molar-refractivity contribution is -0.119. The van der Waals surface area contributed by atoms with Crippen molar-refractivity contribution in [1.29, 1.82) is 5.26 Å². The first-order valence-corrected chi connectivity index (χ1v) is 17.6. The number of amides is 3. The van der Waals surface area contributed by atoms with Gasteiger partial charge in [-0.05, 0) is 99.2 Å². The Labute approximate surface area is 290 Å². The highest BCUT2D eigenvalue weighted by Gasteiger charge is 2.44. The average molecular weight is 690 g/mol. The standard InChI is InChI=1S/C37H44FN5O5S/c1-36(2,3)49(46)42-37(18-17-24-9-10-24,26-8-6-7-25(19-26)22-39)27-11-16-31(38)32(20-27)41-34(44)33-21-30(48-5)23-43(33)35(45)40-28-12-14-29(47-4)15-13-28/h6-8,11-16,19-20,24,30,33,42H,9-10,17-18,21,23H2,1-5H3,(H,40,45)(H,41,44)/t30-,33-,37?,49?/m1/s1. The molecule has 0 aromatic heterocycles. The number of likely N-dealkylation sites (tertiary alicyclic amines) is 1. The third-order valence-corrected chi connectivity index (χ3v) is 10.8. The van der Waals surface area contributed by atoms with Crippen molar-refractivity contribution in [1.82, 2.24) is 9.62 Å². The third kappa shape index (κ3) is 8.54. The first-order valence-electron chi connectivity index (χ1n) is 16.4. The van der Waals surface area contributed by atoms with E-state index in [-0.39, 0.29) is 18.7 Å². The minimum atomic E-state index is -1.56. The van der Waals surface area contributed by atoms with Gasteiger partial charge in [0.15, 0.2) is 0 Å². The van der Waals surface area contributed by atoms with Crippen LogP contribution >= 0.6 is 0 Å². The fourth-order valence-corrected chi connectivity index (χ4v) is 6.99. The number of ether oxygens (including phenoxy) is 2. The van der Waals surface area contributed by atoms with Crippen LogP contribution in [0.15, 0.2) is 66.7 Å². The summed E-state index contributed by atoms with van der Waals surface area (Å²) in [5.74, 6) is -0.0725. The number of benzene rings is 3. The molecule has 2 unspecified atom stereocenters. The van der Waals surface area contributed by atoms with E-state index in [1.54, 1.807) is 61.7 Å². The van der Waals surface area contributed by atoms with Crippen LogP contribution in [0.4, 0.5) is 20.6 Å². The normalized spacial score (nSPS) is 19.4. The molecule has 1 aliphatic heterocycles. The lowest BCUT2D eigenvalue weighted by Crippen LogP contribution is -2.52. The molecule has 1 saturated carbocycles. The lowest BCUT2D eigenvalue weighted by atomic mass is 9.79. The maximum atomic E-state index is 15.6. The number of nitrogens with zero attached hydrogens (tertiary/aromatic N) is 2. The Morgan fingerprint density at radius 2 is 1.76 bits per heavy atom. The Bertz CT molecular complexity index is 1690. The summed E-state index contributed by atoms with van der Waals surface area (Å²) in [5, 5.41) is 15.3. The summed E-state index contributed by atoms with van der Waals surface area (Å²) in [5.41, 5.74) is 1.12. The highest BCUT2D eigenvalue weighted by molar-refractivity contribution is 7.90. The van der Waals surface area contributed by atoms with Gasteiger partial charge in [-0.25, -0.2) is 9.18 Å². The molecule has 4 atom stereocenters. The number of nitrogens with one attached hydrogen (secondary N) is 3. The summed E-state index contributed by atoms with van der Waals surface area (Å²) in [4.78, 5) is 28.6. The maximum absolute atomic E-state index is 15.6. The van der Waals surface area contributed by atoms with Crippen LogP contribution in [0.3, 0.4) is 0 Å². The van der Waals surface area contributed by atoms with Crippen LogP contribution in [0.2, 0.25) is 0 Å². The SMILES string of the molecule is COc1ccc(NC(=O)N2C[C@H](OC)C[C@@H]2C(=O)Nc2cc(C(CCC3CC3)(N[S+]([O-])C(C)(C)C)c3cccc(C#N)c3)ccc2F)cc1. The predicted molar refractivity (Wildman–Crippen MR) is 188 cm³/mol. The molecule has 12 heteroatoms. The Balaban J connectivity index is 1.48. The van der Waals surface area contributed by atoms with E-state index in [2.05, 4.69) is 21.4 Å². The van der Waals surface area contributed by atoms with Crippen LogP contribution < -0.4 is 20.1 Å². The van der Waals surface area contributed by atoms with Gasteiger partial charge in [0.1, 0.15) is 27.9 Å². The largest absolute Gasteiger partial charge is 0.598 e. The van der Waals surface area contributed by atoms with E-state index >= 15 is 4.39 Å². The minimum absolute atomic E-state index is 0.0746. The molecule has 3 amide bonds. The predicted octanol–water partition coefficient (Wildman–Crippen LogP) is 6.45. The van der Waals surface area contributed by atoms with Crippen molar-refractivity contribution in [2.24, 2.45) is 5.92 Å². The van der Waals surface area contributed by atoms with Crippen molar-refractivity contribution >= 4 is 34.7 Å². The molecule has 0 spiro atoms. The number of carbonyl (C=O) groups is 2. The number of nitriles is 1. The molecule has 1 aliphatic carbocycles. The number of halogens is 1. The molecule has 2 aliphatic rings. The minimum Gasteiger partial charge on any atom is -0.598 e. The number of urea groups is 1. The van der Waals surface area contributed by atoms with Gasteiger partial charge in [-0.2, -0.15) is 5.26 Å². The zero-order chi connectivity index (χ0) is 35.3. The average Bonchev–Trinajstić information content (AvgIpc) is 3.82. The Morgan fingerprint density at radius 1 is 1.04 bits per heavy atom. The summed E-state index contributed by atoms with van der Waals surface area (Å²) in [7, 11) is 3.07. The Morgan fingerprint density at radius 3 is 2.39 bits per heavy atom. The van der Waals surface area contributed by atoms with Crippen LogP contribution in [0.1, 0.15) is 69.6 Å². The molecule has 1 saturated heterocycles. The fourth-order valence-electron chi connectivity index (χ4n) is 6.03. The molecule has 10 nitrogen and oxygen atoms in total. The van der Waals surface area contributed by atoms with E-state index < -0.39 is 51.5 Å². The second-order valence-electron chi connectivity index (χ2n) is 13.7. The number of anilines is 2. The number of hydrogen-bond acceptors (Lipinski definition) is 7. The maximum Gasteiger partial charge on any atom is 0.322 e. The number of methoxy groups -OCH3 is 2. The van der Waals surface area contributed by atoms with Gasteiger partial charge < -0.3 is 29.6 Å². The molecule has 3 N–H and O–H groups in total. The van der Waals surface area contributed by atoms with Gasteiger partial charge in [-0.3, -0.25) is 4.79 Å². The van der Waals surface area contributed by atoms with Crippen LogP contribution in [0.5, 0.6) is 5.75 Å². The van der Waals surface area contributed by atoms with Gasteiger partial charge in [0.05, 0.1) is 30.5 Å². The summed E-state index contributed by atoms with van der Waals surface area (Å²) >= 11 is -1.56. The van der Waals surface area contributed by atoms with Gasteiger partial charge in [0.25, 0.3) is 0 Å². The molecular weight excluding hydrogens is 646 g/mol. The smallest absolute Gasteiger partial charge is 0.322 e. The summed E-state index contributed by atoms with van der Waals surface area (Å²) in [6.07, 6.45) is 3.39. The number of rotatable bonds is 12. The van der Waals surface area contributed by atoms with Crippen LogP contribution in [0.25, 0.3) is 0 Å². The van der Waals surface area contributed by atoms with Gasteiger partial charge >= 0.3 is 6.03 Å². The first-order chi connectivity index (χ1) is 23.4. The quantitative estimate of drug-likeness (QED) is 0.186. The van der Waals surface area contributed by atoms with Crippen molar-refractivity contribution in [3.05, 3.63) is 89.2 Å². The highest BCUT2D eigenvalue weighted by atomic mass is 32.2. The van der Waals surface area contributed by atoms with Crippen molar-refractivity contribution in [3.8, 4) is 11.8 Å². The number of carbonyl (C=O) groups excluding carboxylic acids is 2. The Kier molecular flexibility index (Phi) is 11.2. The topological polar surface area (TPSA) is 139 Å². The fraction of sp³-hybridized carbons (Fsp3) is 0.432. The van der Waals surface area contributed by atoms with E-state index in [1.807, 2.05) is 26.8 Å². The van der Waals surface area contributed by atoms with Crippen LogP contribution in [0, 0.1) is 23.1 Å². The van der Waals surface area contributed by atoms with E-state index in [0.717, 1.165) is 19.3 Å². The van der Waals surface area contributed by atoms with Crippen molar-refractivity contribution < 1.29 is 28.0 Å². The second-order valence-corrected chi connectivity index (χ2v) is 15.6. The number of hydrogen-bond donors (Lipinski definition) is 3. The molecule has 5 rings (SSSR count). The van der Waals surface area contributed by atoms with Gasteiger partial charge in [0.2, 0.25) is 5.91 Å². The van der Waals surface area contributed by atoms with E-state index in [9.17, 15) is 19.4 Å². The molecule has 1 heterocycles. The second kappa shape index (κ2) is 15.2. The molecule has 0 radical (unpaired) electrons. The zero-order valence-electron chi connectivity index (χ0n) is 28.5. The van der Waals surface area contributed by atoms with Crippen LogP contribution in [-0.4, -0.2) is 59.0 Å². The van der Waals surface area contributed by atoms with Crippen molar-refractivity contribution in [2.45, 2.75) is 75.3 Å². The van der Waals surface area contributed by atoms with E-state index in [4.69, 9.17) is 9.47 Å². The zero-order valence-corrected chi connectivity index (χ0v) is 29.4. The molecule has 2 fully saturated rings. The summed E-state index contributed by atoms with van der Waals surface area (Å²) in [6, 6.07) is 19.2. The molecule has 3 aromatic carbocycles. The van der Waals surface area contributed by atoms with Crippen LogP contribution in [-0.2, 0) is 26.4 Å². The molecule has 0 bridgehead atoms. The summed E-state index contributed by atoms with van der Waals surface area (Å²) in [6.45, 7) is 5.78. The monoisotopic (exact) mass is 689 g/mol. The first kappa shape index (κ1) is 36.1. The van der Waals surface area contributed by atoms with Crippen molar-refractivity contribution in [3.63, 3.8) is 0 Å². The molecule has 260 valence electrons. The molecule has 3 aromatic rings. The van der Waals surface area contributed by atoms with E-state index in [1.165, 1.54) is 18.1 Å². The van der Waals surface area contributed by atoms with E-state index in [0.29, 0.717) is 40.5 Å².